The van der Waals surface area contributed by atoms with E-state index in [1.54, 1.807) is 13.8 Å². The maximum absolute atomic E-state index is 12.7. The second-order valence-electron chi connectivity index (χ2n) is 5.40. The molecule has 1 aliphatic heterocycles. The summed E-state index contributed by atoms with van der Waals surface area (Å²) in [5, 5.41) is 4.43. The quantitative estimate of drug-likeness (QED) is 0.867. The fourth-order valence-corrected chi connectivity index (χ4v) is 3.35. The van der Waals surface area contributed by atoms with Crippen LogP contribution in [0.4, 0.5) is 9.93 Å². The second-order valence-corrected chi connectivity index (χ2v) is 6.24. The van der Waals surface area contributed by atoms with E-state index in [2.05, 4.69) is 10.3 Å². The Morgan fingerprint density at radius 1 is 1.29 bits per heavy atom. The van der Waals surface area contributed by atoms with Crippen LogP contribution in [0.1, 0.15) is 52.1 Å². The number of carbonyl (C=O) groups is 3. The SMILES string of the molecule is CCC1(CC)C(=O)NC(=O)N(c2nc(C(C)C)cs2)C1=O. The van der Waals surface area contributed by atoms with Crippen LogP contribution in [0.15, 0.2) is 5.38 Å². The van der Waals surface area contributed by atoms with Crippen LogP contribution in [0.3, 0.4) is 0 Å². The normalized spacial score (nSPS) is 18.3. The summed E-state index contributed by atoms with van der Waals surface area (Å²) < 4.78 is 0. The van der Waals surface area contributed by atoms with Crippen LogP contribution in [-0.2, 0) is 9.59 Å². The van der Waals surface area contributed by atoms with Gasteiger partial charge in [0.15, 0.2) is 0 Å². The van der Waals surface area contributed by atoms with Crippen LogP contribution in [-0.4, -0.2) is 22.8 Å². The van der Waals surface area contributed by atoms with Crippen LogP contribution in [0.2, 0.25) is 0 Å². The average Bonchev–Trinajstić information content (AvgIpc) is 2.89. The number of barbiturate groups is 1. The molecular weight excluding hydrogens is 290 g/mol. The first-order valence-corrected chi connectivity index (χ1v) is 7.90. The number of thiazole rings is 1. The first kappa shape index (κ1) is 15.6. The summed E-state index contributed by atoms with van der Waals surface area (Å²) in [6, 6.07) is -0.716. The highest BCUT2D eigenvalue weighted by atomic mass is 32.1. The van der Waals surface area contributed by atoms with E-state index in [0.29, 0.717) is 18.0 Å². The van der Waals surface area contributed by atoms with Gasteiger partial charge in [0.2, 0.25) is 11.0 Å². The van der Waals surface area contributed by atoms with Gasteiger partial charge in [0.1, 0.15) is 5.41 Å². The number of urea groups is 1. The number of carbonyl (C=O) groups excluding carboxylic acids is 3. The largest absolute Gasteiger partial charge is 0.337 e. The lowest BCUT2D eigenvalue weighted by Gasteiger charge is -2.36. The molecule has 1 aromatic rings. The molecule has 1 saturated heterocycles. The van der Waals surface area contributed by atoms with Gasteiger partial charge in [-0.1, -0.05) is 27.7 Å². The van der Waals surface area contributed by atoms with E-state index in [9.17, 15) is 14.4 Å². The van der Waals surface area contributed by atoms with Gasteiger partial charge in [-0.2, -0.15) is 0 Å². The molecular formula is C14H19N3O3S. The Hall–Kier alpha value is -1.76. The number of imide groups is 2. The molecule has 1 N–H and O–H groups in total. The molecule has 6 nitrogen and oxygen atoms in total. The van der Waals surface area contributed by atoms with Gasteiger partial charge in [-0.05, 0) is 18.8 Å². The van der Waals surface area contributed by atoms with Crippen molar-refractivity contribution in [2.75, 3.05) is 4.90 Å². The third kappa shape index (κ3) is 2.35. The smallest absolute Gasteiger partial charge is 0.276 e. The highest BCUT2D eigenvalue weighted by Gasteiger charge is 2.52. The molecule has 1 aliphatic rings. The van der Waals surface area contributed by atoms with Crippen molar-refractivity contribution in [3.8, 4) is 0 Å². The molecule has 7 heteroatoms. The minimum atomic E-state index is -1.18. The van der Waals surface area contributed by atoms with E-state index in [-0.39, 0.29) is 5.92 Å². The van der Waals surface area contributed by atoms with Gasteiger partial charge in [-0.15, -0.1) is 11.3 Å². The van der Waals surface area contributed by atoms with E-state index in [1.165, 1.54) is 11.3 Å². The molecule has 0 saturated carbocycles. The maximum Gasteiger partial charge on any atom is 0.337 e. The summed E-state index contributed by atoms with van der Waals surface area (Å²) >= 11 is 1.24. The molecule has 0 unspecified atom stereocenters. The number of aromatic nitrogens is 1. The zero-order valence-electron chi connectivity index (χ0n) is 12.6. The lowest BCUT2D eigenvalue weighted by atomic mass is 9.79. The van der Waals surface area contributed by atoms with Crippen molar-refractivity contribution < 1.29 is 14.4 Å². The topological polar surface area (TPSA) is 79.4 Å². The molecule has 21 heavy (non-hydrogen) atoms. The second kappa shape index (κ2) is 5.55. The Kier molecular flexibility index (Phi) is 4.13. The van der Waals surface area contributed by atoms with Crippen LogP contribution < -0.4 is 10.2 Å². The van der Waals surface area contributed by atoms with E-state index in [1.807, 2.05) is 19.2 Å². The average molecular weight is 309 g/mol. The molecule has 1 aromatic heterocycles. The van der Waals surface area contributed by atoms with Crippen molar-refractivity contribution in [1.29, 1.82) is 0 Å². The van der Waals surface area contributed by atoms with Crippen molar-refractivity contribution in [3.63, 3.8) is 0 Å². The number of hydrogen-bond acceptors (Lipinski definition) is 5. The summed E-state index contributed by atoms with van der Waals surface area (Å²) in [4.78, 5) is 42.2. The monoisotopic (exact) mass is 309 g/mol. The zero-order chi connectivity index (χ0) is 15.8. The molecule has 2 rings (SSSR count). The number of nitrogens with zero attached hydrogens (tertiary/aromatic N) is 2. The van der Waals surface area contributed by atoms with Gasteiger partial charge in [-0.3, -0.25) is 14.9 Å². The molecule has 0 spiro atoms. The van der Waals surface area contributed by atoms with Gasteiger partial charge in [0.25, 0.3) is 5.91 Å². The maximum atomic E-state index is 12.7. The number of amides is 4. The van der Waals surface area contributed by atoms with Gasteiger partial charge in [0, 0.05) is 5.38 Å². The van der Waals surface area contributed by atoms with E-state index in [4.69, 9.17) is 0 Å². The van der Waals surface area contributed by atoms with Crippen LogP contribution >= 0.6 is 11.3 Å². The molecule has 1 fully saturated rings. The van der Waals surface area contributed by atoms with E-state index in [0.717, 1.165) is 10.6 Å². The predicted molar refractivity (Wildman–Crippen MR) is 80.2 cm³/mol. The first-order valence-electron chi connectivity index (χ1n) is 7.02. The van der Waals surface area contributed by atoms with Gasteiger partial charge >= 0.3 is 6.03 Å². The number of anilines is 1. The number of nitrogens with one attached hydrogen (secondary N) is 1. The van der Waals surface area contributed by atoms with E-state index < -0.39 is 23.3 Å². The molecule has 0 bridgehead atoms. The van der Waals surface area contributed by atoms with Gasteiger partial charge < -0.3 is 0 Å². The fraction of sp³-hybridized carbons (Fsp3) is 0.571. The third-order valence-electron chi connectivity index (χ3n) is 3.97. The molecule has 2 heterocycles. The van der Waals surface area contributed by atoms with E-state index >= 15 is 0 Å². The van der Waals surface area contributed by atoms with Crippen LogP contribution in [0, 0.1) is 5.41 Å². The first-order chi connectivity index (χ1) is 9.87. The molecule has 0 atom stereocenters. The summed E-state index contributed by atoms with van der Waals surface area (Å²) in [6.45, 7) is 7.53. The summed E-state index contributed by atoms with van der Waals surface area (Å²) in [7, 11) is 0. The highest BCUT2D eigenvalue weighted by Crippen LogP contribution is 2.36. The summed E-state index contributed by atoms with van der Waals surface area (Å²) in [5.41, 5.74) is -0.358. The summed E-state index contributed by atoms with van der Waals surface area (Å²) in [6.07, 6.45) is 0.695. The molecule has 4 amide bonds. The van der Waals surface area contributed by atoms with Crippen molar-refractivity contribution in [1.82, 2.24) is 10.3 Å². The lowest BCUT2D eigenvalue weighted by Crippen LogP contribution is -2.63. The highest BCUT2D eigenvalue weighted by molar-refractivity contribution is 7.14. The Labute approximate surface area is 127 Å². The minimum absolute atomic E-state index is 0.210. The zero-order valence-corrected chi connectivity index (χ0v) is 13.4. The van der Waals surface area contributed by atoms with Crippen molar-refractivity contribution in [3.05, 3.63) is 11.1 Å². The Bertz CT molecular complexity index is 590. The standard InChI is InChI=1S/C14H19N3O3S/c1-5-14(6-2)10(18)16-12(20)17(11(14)19)13-15-9(7-21-13)8(3)4/h7-8H,5-6H2,1-4H3,(H,16,18,20). The van der Waals surface area contributed by atoms with Crippen molar-refractivity contribution in [2.45, 2.75) is 46.5 Å². The molecule has 114 valence electrons. The van der Waals surface area contributed by atoms with Crippen molar-refractivity contribution >= 4 is 34.3 Å². The van der Waals surface area contributed by atoms with Crippen LogP contribution in [0.25, 0.3) is 0 Å². The minimum Gasteiger partial charge on any atom is -0.276 e. The lowest BCUT2D eigenvalue weighted by molar-refractivity contribution is -0.143. The van der Waals surface area contributed by atoms with Crippen molar-refractivity contribution in [2.24, 2.45) is 5.41 Å². The Morgan fingerprint density at radius 2 is 1.90 bits per heavy atom. The fourth-order valence-electron chi connectivity index (χ4n) is 2.37. The third-order valence-corrected chi connectivity index (χ3v) is 4.81. The van der Waals surface area contributed by atoms with Gasteiger partial charge in [0.05, 0.1) is 5.69 Å². The molecule has 0 aliphatic carbocycles. The Balaban J connectivity index is 2.44. The molecule has 0 aromatic carbocycles. The summed E-state index contributed by atoms with van der Waals surface area (Å²) in [5.74, 6) is -0.785. The number of hydrogen-bond donors (Lipinski definition) is 1. The predicted octanol–water partition coefficient (Wildman–Crippen LogP) is 2.66. The van der Waals surface area contributed by atoms with Crippen LogP contribution in [0.5, 0.6) is 0 Å². The molecule has 0 radical (unpaired) electrons. The van der Waals surface area contributed by atoms with Gasteiger partial charge in [-0.25, -0.2) is 14.7 Å². The Morgan fingerprint density at radius 3 is 2.38 bits per heavy atom. The number of rotatable bonds is 4.